The molecule has 0 spiro atoms. The predicted molar refractivity (Wildman–Crippen MR) is 126 cm³/mol. The zero-order valence-corrected chi connectivity index (χ0v) is 20.4. The Hall–Kier alpha value is -3.04. The number of methoxy groups -OCH3 is 2. The number of Topliss-reactive ketones (excluding diaryl/α,β-unsaturated/α-hetero) is 1. The van der Waals surface area contributed by atoms with Crippen LogP contribution in [0.25, 0.3) is 0 Å². The van der Waals surface area contributed by atoms with Crippen LogP contribution in [-0.2, 0) is 9.59 Å². The van der Waals surface area contributed by atoms with E-state index in [1.54, 1.807) is 13.0 Å². The predicted octanol–water partition coefficient (Wildman–Crippen LogP) is 5.49. The van der Waals surface area contributed by atoms with Crippen molar-refractivity contribution in [3.8, 4) is 23.0 Å². The van der Waals surface area contributed by atoms with Gasteiger partial charge in [0.15, 0.2) is 11.5 Å². The molecule has 0 bridgehead atoms. The minimum atomic E-state index is -1.43. The van der Waals surface area contributed by atoms with E-state index in [4.69, 9.17) is 42.1 Å². The van der Waals surface area contributed by atoms with Gasteiger partial charge in [-0.25, -0.2) is 0 Å². The van der Waals surface area contributed by atoms with E-state index in [1.807, 2.05) is 6.92 Å². The number of carbonyl (C=O) groups is 2. The molecule has 0 heterocycles. The van der Waals surface area contributed by atoms with Gasteiger partial charge in [0, 0.05) is 18.2 Å². The number of carbonyl (C=O) groups excluding carboxylic acids is 2. The molecule has 0 aromatic heterocycles. The van der Waals surface area contributed by atoms with Crippen molar-refractivity contribution < 1.29 is 28.5 Å². The minimum Gasteiger partial charge on any atom is -0.495 e. The Morgan fingerprint density at radius 1 is 0.909 bits per heavy atom. The fourth-order valence-electron chi connectivity index (χ4n) is 2.74. The summed E-state index contributed by atoms with van der Waals surface area (Å²) in [6.45, 7) is 5.63. The molecule has 0 aliphatic carbocycles. The van der Waals surface area contributed by atoms with Crippen LogP contribution in [0.1, 0.15) is 20.8 Å². The minimum absolute atomic E-state index is 0.245. The first-order valence-corrected chi connectivity index (χ1v) is 10.7. The monoisotopic (exact) mass is 497 g/mol. The summed E-state index contributed by atoms with van der Waals surface area (Å²) in [6.07, 6.45) is 0. The van der Waals surface area contributed by atoms with E-state index in [2.05, 4.69) is 15.5 Å². The zero-order chi connectivity index (χ0) is 24.5. The van der Waals surface area contributed by atoms with Crippen molar-refractivity contribution in [1.29, 1.82) is 0 Å². The van der Waals surface area contributed by atoms with Gasteiger partial charge in [-0.05, 0) is 26.8 Å². The molecule has 178 valence electrons. The SMILES string of the molecule is CCOc1cc(OCC)c(N=NC(C(C)=O)C(=O)Nc2cc(OC)c(Cl)cc2OC)cc1Cl. The number of azo groups is 1. The first kappa shape index (κ1) is 26.2. The number of benzene rings is 2. The summed E-state index contributed by atoms with van der Waals surface area (Å²) >= 11 is 12.3. The van der Waals surface area contributed by atoms with Gasteiger partial charge in [-0.1, -0.05) is 23.2 Å². The fraction of sp³-hybridized carbons (Fsp3) is 0.364. The summed E-state index contributed by atoms with van der Waals surface area (Å²) in [5, 5.41) is 11.2. The molecular weight excluding hydrogens is 473 g/mol. The third kappa shape index (κ3) is 6.72. The summed E-state index contributed by atoms with van der Waals surface area (Å²) < 4.78 is 21.5. The molecule has 0 aliphatic rings. The molecule has 2 aromatic rings. The number of nitrogens with one attached hydrogen (secondary N) is 1. The molecule has 33 heavy (non-hydrogen) atoms. The van der Waals surface area contributed by atoms with Crippen LogP contribution < -0.4 is 24.3 Å². The Morgan fingerprint density at radius 2 is 1.52 bits per heavy atom. The fourth-order valence-corrected chi connectivity index (χ4v) is 3.18. The lowest BCUT2D eigenvalue weighted by molar-refractivity contribution is -0.126. The van der Waals surface area contributed by atoms with E-state index < -0.39 is 17.7 Å². The molecule has 0 aliphatic heterocycles. The molecule has 0 saturated carbocycles. The van der Waals surface area contributed by atoms with Gasteiger partial charge >= 0.3 is 0 Å². The van der Waals surface area contributed by atoms with Gasteiger partial charge in [-0.15, -0.1) is 0 Å². The van der Waals surface area contributed by atoms with Gasteiger partial charge in [-0.3, -0.25) is 9.59 Å². The van der Waals surface area contributed by atoms with Crippen molar-refractivity contribution >= 4 is 46.3 Å². The number of amides is 1. The van der Waals surface area contributed by atoms with Crippen LogP contribution in [0.2, 0.25) is 10.0 Å². The molecule has 2 aromatic carbocycles. The third-order valence-corrected chi connectivity index (χ3v) is 4.85. The van der Waals surface area contributed by atoms with Crippen molar-refractivity contribution in [2.24, 2.45) is 10.2 Å². The normalized spacial score (nSPS) is 11.7. The molecular formula is C22H25Cl2N3O6. The van der Waals surface area contributed by atoms with Crippen LogP contribution in [0.5, 0.6) is 23.0 Å². The maximum atomic E-state index is 12.9. The Bertz CT molecular complexity index is 1050. The molecule has 1 atom stereocenters. The molecule has 1 unspecified atom stereocenters. The molecule has 0 saturated heterocycles. The zero-order valence-electron chi connectivity index (χ0n) is 18.9. The van der Waals surface area contributed by atoms with Crippen LogP contribution in [0, 0.1) is 0 Å². The van der Waals surface area contributed by atoms with Gasteiger partial charge < -0.3 is 24.3 Å². The van der Waals surface area contributed by atoms with E-state index >= 15 is 0 Å². The Labute approximate surface area is 202 Å². The summed E-state index contributed by atoms with van der Waals surface area (Å²) in [5.74, 6) is 0.131. The van der Waals surface area contributed by atoms with Crippen molar-refractivity contribution in [3.63, 3.8) is 0 Å². The van der Waals surface area contributed by atoms with Gasteiger partial charge in [0.25, 0.3) is 5.91 Å². The number of rotatable bonds is 11. The van der Waals surface area contributed by atoms with Crippen molar-refractivity contribution in [2.75, 3.05) is 32.8 Å². The van der Waals surface area contributed by atoms with Crippen molar-refractivity contribution in [1.82, 2.24) is 0 Å². The number of nitrogens with zero attached hydrogens (tertiary/aromatic N) is 2. The van der Waals surface area contributed by atoms with E-state index in [9.17, 15) is 9.59 Å². The number of ether oxygens (including phenoxy) is 4. The Morgan fingerprint density at radius 3 is 2.09 bits per heavy atom. The standard InChI is InChI=1S/C22H25Cl2N3O6/c1-6-32-18-11-20(33-7-2)16(8-13(18)23)26-27-21(12(3)28)22(29)25-15-10-17(30-4)14(24)9-19(15)31-5/h8-11,21H,6-7H2,1-5H3,(H,25,29). The second kappa shape index (κ2) is 12.3. The topological polar surface area (TPSA) is 108 Å². The number of halogens is 2. The van der Waals surface area contributed by atoms with Crippen molar-refractivity contribution in [2.45, 2.75) is 26.8 Å². The van der Waals surface area contributed by atoms with Gasteiger partial charge in [0.2, 0.25) is 6.04 Å². The molecule has 0 radical (unpaired) electrons. The van der Waals surface area contributed by atoms with E-state index in [0.717, 1.165) is 0 Å². The molecule has 0 fully saturated rings. The average molecular weight is 498 g/mol. The third-order valence-electron chi connectivity index (χ3n) is 4.26. The quantitative estimate of drug-likeness (QED) is 0.324. The molecule has 2 rings (SSSR count). The first-order chi connectivity index (χ1) is 15.7. The van der Waals surface area contributed by atoms with Crippen LogP contribution in [-0.4, -0.2) is 45.2 Å². The van der Waals surface area contributed by atoms with Crippen LogP contribution >= 0.6 is 23.2 Å². The first-order valence-electron chi connectivity index (χ1n) is 9.98. The lowest BCUT2D eigenvalue weighted by atomic mass is 10.2. The van der Waals surface area contributed by atoms with E-state index in [-0.39, 0.29) is 22.1 Å². The van der Waals surface area contributed by atoms with Gasteiger partial charge in [0.05, 0.1) is 43.2 Å². The molecule has 1 N–H and O–H groups in total. The summed E-state index contributed by atoms with van der Waals surface area (Å²) in [5.41, 5.74) is 0.499. The molecule has 1 amide bonds. The van der Waals surface area contributed by atoms with Crippen LogP contribution in [0.4, 0.5) is 11.4 Å². The summed E-state index contributed by atoms with van der Waals surface area (Å²) in [6, 6.07) is 4.60. The number of anilines is 1. The smallest absolute Gasteiger partial charge is 0.258 e. The summed E-state index contributed by atoms with van der Waals surface area (Å²) in [7, 11) is 2.85. The second-order valence-electron chi connectivity index (χ2n) is 6.52. The Balaban J connectivity index is 2.36. The summed E-state index contributed by atoms with van der Waals surface area (Å²) in [4.78, 5) is 25.0. The van der Waals surface area contributed by atoms with Gasteiger partial charge in [0.1, 0.15) is 22.9 Å². The lowest BCUT2D eigenvalue weighted by Gasteiger charge is -2.15. The van der Waals surface area contributed by atoms with Crippen LogP contribution in [0.15, 0.2) is 34.5 Å². The highest BCUT2D eigenvalue weighted by molar-refractivity contribution is 6.32. The lowest BCUT2D eigenvalue weighted by Crippen LogP contribution is -2.32. The van der Waals surface area contributed by atoms with E-state index in [0.29, 0.717) is 35.5 Å². The number of hydrogen-bond donors (Lipinski definition) is 1. The average Bonchev–Trinajstić information content (AvgIpc) is 2.77. The largest absolute Gasteiger partial charge is 0.495 e. The number of hydrogen-bond acceptors (Lipinski definition) is 8. The number of ketones is 1. The maximum absolute atomic E-state index is 12.9. The van der Waals surface area contributed by atoms with Crippen molar-refractivity contribution in [3.05, 3.63) is 34.3 Å². The maximum Gasteiger partial charge on any atom is 0.258 e. The molecule has 11 heteroatoms. The van der Waals surface area contributed by atoms with E-state index in [1.165, 1.54) is 39.3 Å². The second-order valence-corrected chi connectivity index (χ2v) is 7.34. The van der Waals surface area contributed by atoms with Crippen LogP contribution in [0.3, 0.4) is 0 Å². The van der Waals surface area contributed by atoms with Gasteiger partial charge in [-0.2, -0.15) is 10.2 Å². The molecule has 9 nitrogen and oxygen atoms in total. The highest BCUT2D eigenvalue weighted by Gasteiger charge is 2.25. The Kier molecular flexibility index (Phi) is 9.74. The highest BCUT2D eigenvalue weighted by atomic mass is 35.5. The highest BCUT2D eigenvalue weighted by Crippen LogP contribution is 2.39.